The number of hydrogen-bond donors (Lipinski definition) is 0. The SMILES string of the molecule is Clc1ncnc2c1CC=C2I. The fourth-order valence-corrected chi connectivity index (χ4v) is 1.96. The fraction of sp³-hybridized carbons (Fsp3) is 0.143. The summed E-state index contributed by atoms with van der Waals surface area (Å²) in [6.07, 6.45) is 4.47. The van der Waals surface area contributed by atoms with E-state index in [2.05, 4.69) is 38.6 Å². The molecule has 0 spiro atoms. The molecule has 0 atom stereocenters. The summed E-state index contributed by atoms with van der Waals surface area (Å²) in [6, 6.07) is 0. The fourth-order valence-electron chi connectivity index (χ4n) is 1.07. The Hall–Kier alpha value is -0.160. The van der Waals surface area contributed by atoms with Crippen molar-refractivity contribution in [2.75, 3.05) is 0 Å². The molecule has 0 aliphatic heterocycles. The second-order valence-corrected chi connectivity index (χ2v) is 3.77. The lowest BCUT2D eigenvalue weighted by atomic mass is 10.2. The quantitative estimate of drug-likeness (QED) is 0.538. The van der Waals surface area contributed by atoms with Gasteiger partial charge in [0.05, 0.1) is 5.69 Å². The molecule has 0 saturated carbocycles. The van der Waals surface area contributed by atoms with E-state index in [1.54, 1.807) is 0 Å². The van der Waals surface area contributed by atoms with Gasteiger partial charge >= 0.3 is 0 Å². The van der Waals surface area contributed by atoms with E-state index in [1.807, 2.05) is 0 Å². The van der Waals surface area contributed by atoms with E-state index in [9.17, 15) is 0 Å². The van der Waals surface area contributed by atoms with E-state index in [0.29, 0.717) is 5.15 Å². The Morgan fingerprint density at radius 2 is 2.27 bits per heavy atom. The molecule has 0 radical (unpaired) electrons. The van der Waals surface area contributed by atoms with E-state index >= 15 is 0 Å². The lowest BCUT2D eigenvalue weighted by Gasteiger charge is -1.98. The Bertz CT molecular complexity index is 335. The summed E-state index contributed by atoms with van der Waals surface area (Å²) in [5.41, 5.74) is 2.05. The van der Waals surface area contributed by atoms with Gasteiger partial charge in [-0.2, -0.15) is 0 Å². The highest BCUT2D eigenvalue weighted by atomic mass is 127. The predicted octanol–water partition coefficient (Wildman–Crippen LogP) is 2.46. The molecule has 1 aromatic rings. The van der Waals surface area contributed by atoms with Crippen molar-refractivity contribution in [1.82, 2.24) is 9.97 Å². The number of aromatic nitrogens is 2. The number of halogens is 2. The average Bonchev–Trinajstić information content (AvgIpc) is 2.35. The van der Waals surface area contributed by atoms with Crippen molar-refractivity contribution in [2.45, 2.75) is 6.42 Å². The molecular weight excluding hydrogens is 274 g/mol. The lowest BCUT2D eigenvalue weighted by molar-refractivity contribution is 1.10. The second kappa shape index (κ2) is 2.71. The maximum absolute atomic E-state index is 5.85. The Morgan fingerprint density at radius 3 is 3.00 bits per heavy atom. The van der Waals surface area contributed by atoms with E-state index < -0.39 is 0 Å². The van der Waals surface area contributed by atoms with Gasteiger partial charge in [0.2, 0.25) is 0 Å². The van der Waals surface area contributed by atoms with Crippen LogP contribution in [0.3, 0.4) is 0 Å². The topological polar surface area (TPSA) is 25.8 Å². The van der Waals surface area contributed by atoms with Gasteiger partial charge in [0, 0.05) is 9.14 Å². The summed E-state index contributed by atoms with van der Waals surface area (Å²) in [6.45, 7) is 0. The number of hydrogen-bond acceptors (Lipinski definition) is 2. The van der Waals surface area contributed by atoms with Crippen molar-refractivity contribution in [3.8, 4) is 0 Å². The number of nitrogens with zero attached hydrogens (tertiary/aromatic N) is 2. The van der Waals surface area contributed by atoms with Crippen LogP contribution in [0.4, 0.5) is 0 Å². The minimum Gasteiger partial charge on any atom is -0.235 e. The molecule has 1 heterocycles. The molecule has 0 amide bonds. The Kier molecular flexibility index (Phi) is 1.85. The molecule has 11 heavy (non-hydrogen) atoms. The third-order valence-corrected chi connectivity index (χ3v) is 2.88. The summed E-state index contributed by atoms with van der Waals surface area (Å²) < 4.78 is 1.17. The van der Waals surface area contributed by atoms with Gasteiger partial charge in [-0.05, 0) is 29.0 Å². The van der Waals surface area contributed by atoms with Crippen LogP contribution in [-0.4, -0.2) is 9.97 Å². The van der Waals surface area contributed by atoms with Crippen LogP contribution in [0.5, 0.6) is 0 Å². The smallest absolute Gasteiger partial charge is 0.136 e. The maximum atomic E-state index is 5.85. The maximum Gasteiger partial charge on any atom is 0.136 e. The molecule has 0 N–H and O–H groups in total. The average molecular weight is 278 g/mol. The van der Waals surface area contributed by atoms with E-state index in [1.165, 1.54) is 9.91 Å². The largest absolute Gasteiger partial charge is 0.235 e. The molecule has 2 rings (SSSR count). The zero-order valence-electron chi connectivity index (χ0n) is 5.51. The Balaban J connectivity index is 2.64. The molecule has 0 aromatic carbocycles. The molecule has 4 heteroatoms. The first-order chi connectivity index (χ1) is 5.29. The first-order valence-corrected chi connectivity index (χ1v) is 4.60. The van der Waals surface area contributed by atoms with Crippen LogP contribution in [0.1, 0.15) is 11.3 Å². The summed E-state index contributed by atoms with van der Waals surface area (Å²) in [7, 11) is 0. The molecule has 0 unspecified atom stereocenters. The van der Waals surface area contributed by atoms with Gasteiger partial charge in [-0.15, -0.1) is 0 Å². The van der Waals surface area contributed by atoms with Crippen LogP contribution in [-0.2, 0) is 6.42 Å². The van der Waals surface area contributed by atoms with Gasteiger partial charge in [-0.25, -0.2) is 9.97 Å². The minimum atomic E-state index is 0.581. The number of fused-ring (bicyclic) bond motifs is 1. The second-order valence-electron chi connectivity index (χ2n) is 2.25. The Morgan fingerprint density at radius 1 is 1.45 bits per heavy atom. The van der Waals surface area contributed by atoms with Crippen molar-refractivity contribution in [2.24, 2.45) is 0 Å². The van der Waals surface area contributed by atoms with Crippen molar-refractivity contribution in [1.29, 1.82) is 0 Å². The molecule has 2 nitrogen and oxygen atoms in total. The number of rotatable bonds is 0. The highest BCUT2D eigenvalue weighted by molar-refractivity contribution is 14.1. The van der Waals surface area contributed by atoms with Gasteiger partial charge < -0.3 is 0 Å². The molecular formula is C7H4ClIN2. The van der Waals surface area contributed by atoms with E-state index in [0.717, 1.165) is 17.7 Å². The van der Waals surface area contributed by atoms with E-state index in [-0.39, 0.29) is 0 Å². The minimum absolute atomic E-state index is 0.581. The van der Waals surface area contributed by atoms with Crippen molar-refractivity contribution < 1.29 is 0 Å². The first-order valence-electron chi connectivity index (χ1n) is 3.14. The van der Waals surface area contributed by atoms with Crippen LogP contribution < -0.4 is 0 Å². The molecule has 56 valence electrons. The Labute approximate surface area is 82.8 Å². The standard InChI is InChI=1S/C7H4ClIN2/c8-7-4-1-2-5(9)6(4)10-3-11-7/h2-3H,1H2. The zero-order chi connectivity index (χ0) is 7.84. The summed E-state index contributed by atoms with van der Waals surface area (Å²) in [4.78, 5) is 8.03. The molecule has 0 saturated heterocycles. The lowest BCUT2D eigenvalue weighted by Crippen LogP contribution is -1.90. The number of allylic oxidation sites excluding steroid dienone is 1. The van der Waals surface area contributed by atoms with Crippen LogP contribution in [0, 0.1) is 0 Å². The van der Waals surface area contributed by atoms with Crippen LogP contribution in [0.15, 0.2) is 12.4 Å². The van der Waals surface area contributed by atoms with Gasteiger partial charge in [-0.1, -0.05) is 17.7 Å². The zero-order valence-corrected chi connectivity index (χ0v) is 8.43. The highest BCUT2D eigenvalue weighted by Gasteiger charge is 2.16. The summed E-state index contributed by atoms with van der Waals surface area (Å²) in [5, 5.41) is 0.581. The normalized spacial score (nSPS) is 14.5. The van der Waals surface area contributed by atoms with Crippen molar-refractivity contribution in [3.05, 3.63) is 28.8 Å². The molecule has 1 aliphatic carbocycles. The highest BCUT2D eigenvalue weighted by Crippen LogP contribution is 2.32. The molecule has 0 bridgehead atoms. The first kappa shape index (κ1) is 7.49. The van der Waals surface area contributed by atoms with Gasteiger partial charge in [0.1, 0.15) is 11.5 Å². The van der Waals surface area contributed by atoms with Gasteiger partial charge in [0.15, 0.2) is 0 Å². The predicted molar refractivity (Wildman–Crippen MR) is 52.7 cm³/mol. The monoisotopic (exact) mass is 278 g/mol. The molecule has 1 aromatic heterocycles. The summed E-state index contributed by atoms with van der Waals surface area (Å²) in [5.74, 6) is 0. The van der Waals surface area contributed by atoms with Crippen LogP contribution in [0.2, 0.25) is 5.15 Å². The summed E-state index contributed by atoms with van der Waals surface area (Å²) >= 11 is 8.10. The molecule has 1 aliphatic rings. The van der Waals surface area contributed by atoms with Crippen LogP contribution >= 0.6 is 34.2 Å². The van der Waals surface area contributed by atoms with Crippen molar-refractivity contribution in [3.63, 3.8) is 0 Å². The van der Waals surface area contributed by atoms with Crippen LogP contribution in [0.25, 0.3) is 3.58 Å². The van der Waals surface area contributed by atoms with Crippen molar-refractivity contribution >= 4 is 37.8 Å². The third-order valence-electron chi connectivity index (χ3n) is 1.60. The third kappa shape index (κ3) is 1.16. The van der Waals surface area contributed by atoms with E-state index in [4.69, 9.17) is 11.6 Å². The van der Waals surface area contributed by atoms with Gasteiger partial charge in [-0.3, -0.25) is 0 Å². The van der Waals surface area contributed by atoms with Gasteiger partial charge in [0.25, 0.3) is 0 Å². The molecule has 0 fully saturated rings.